The Kier molecular flexibility index (Phi) is 9.00. The standard InChI is InChI=1S/C11H28N4/c1-9(2)15-8-6-11(14)4-3-10(13)5-7-12/h9-11,15H,3-8,12-14H2,1-2H3/p+4. The highest BCUT2D eigenvalue weighted by Gasteiger charge is 2.12. The molecule has 0 heterocycles. The van der Waals surface area contributed by atoms with Gasteiger partial charge >= 0.3 is 0 Å². The van der Waals surface area contributed by atoms with Gasteiger partial charge in [-0.25, -0.2) is 0 Å². The van der Waals surface area contributed by atoms with Crippen LogP contribution in [0.5, 0.6) is 0 Å². The fourth-order valence-electron chi connectivity index (χ4n) is 1.71. The van der Waals surface area contributed by atoms with Gasteiger partial charge < -0.3 is 22.5 Å². The van der Waals surface area contributed by atoms with Crippen LogP contribution in [0, 0.1) is 0 Å². The Bertz CT molecular complexity index is 139. The summed E-state index contributed by atoms with van der Waals surface area (Å²) in [5.41, 5.74) is 12.2. The van der Waals surface area contributed by atoms with Crippen LogP contribution in [0.15, 0.2) is 0 Å². The zero-order valence-corrected chi connectivity index (χ0v) is 10.7. The molecule has 0 aromatic carbocycles. The summed E-state index contributed by atoms with van der Waals surface area (Å²) in [7, 11) is 0. The predicted molar refractivity (Wildman–Crippen MR) is 61.5 cm³/mol. The van der Waals surface area contributed by atoms with Crippen LogP contribution in [0.4, 0.5) is 0 Å². The van der Waals surface area contributed by atoms with Crippen LogP contribution in [0.25, 0.3) is 0 Å². The van der Waals surface area contributed by atoms with Crippen molar-refractivity contribution in [3.63, 3.8) is 0 Å². The molecule has 0 aromatic heterocycles. The van der Waals surface area contributed by atoms with Crippen LogP contribution in [0.2, 0.25) is 0 Å². The molecule has 0 rings (SSSR count). The van der Waals surface area contributed by atoms with Gasteiger partial charge in [0.1, 0.15) is 0 Å². The normalized spacial score (nSPS) is 15.6. The minimum atomic E-state index is 0.584. The van der Waals surface area contributed by atoms with Crippen LogP contribution >= 0.6 is 0 Å². The summed E-state index contributed by atoms with van der Waals surface area (Å²) in [5, 5.41) is 2.38. The SMILES string of the molecule is CC(C)[NH2+]CCC([NH3+])CCC([NH3+])CC[NH3+]. The molecule has 92 valence electrons. The molecule has 4 nitrogen and oxygen atoms in total. The third kappa shape index (κ3) is 10.1. The lowest BCUT2D eigenvalue weighted by Crippen LogP contribution is -2.89. The topological polar surface area (TPSA) is 99.5 Å². The minimum Gasteiger partial charge on any atom is -0.357 e. The predicted octanol–water partition coefficient (Wildman–Crippen LogP) is -3.02. The Hall–Kier alpha value is -0.160. The summed E-state index contributed by atoms with van der Waals surface area (Å²) in [6.45, 7) is 6.69. The molecule has 0 aromatic rings. The average Bonchev–Trinajstić information content (AvgIpc) is 2.14. The van der Waals surface area contributed by atoms with Gasteiger partial charge in [-0.3, -0.25) is 0 Å². The Morgan fingerprint density at radius 3 is 1.93 bits per heavy atom. The van der Waals surface area contributed by atoms with Gasteiger partial charge in [0, 0.05) is 25.7 Å². The van der Waals surface area contributed by atoms with E-state index in [1.807, 2.05) is 0 Å². The molecule has 0 amide bonds. The van der Waals surface area contributed by atoms with E-state index in [0.29, 0.717) is 18.1 Å². The molecule has 0 fully saturated rings. The van der Waals surface area contributed by atoms with Crippen LogP contribution in [-0.4, -0.2) is 31.2 Å². The van der Waals surface area contributed by atoms with E-state index in [9.17, 15) is 0 Å². The van der Waals surface area contributed by atoms with Crippen molar-refractivity contribution >= 4 is 0 Å². The molecular weight excluding hydrogens is 188 g/mol. The Balaban J connectivity index is 3.36. The minimum absolute atomic E-state index is 0.584. The smallest absolute Gasteiger partial charge is 0.0900 e. The quantitative estimate of drug-likeness (QED) is 0.318. The Morgan fingerprint density at radius 1 is 0.933 bits per heavy atom. The first-order chi connectivity index (χ1) is 7.06. The van der Waals surface area contributed by atoms with Crippen LogP contribution in [0.1, 0.15) is 39.5 Å². The Labute approximate surface area is 94.0 Å². The van der Waals surface area contributed by atoms with Crippen LogP contribution < -0.4 is 22.5 Å². The van der Waals surface area contributed by atoms with Gasteiger partial charge in [0.25, 0.3) is 0 Å². The second kappa shape index (κ2) is 9.09. The van der Waals surface area contributed by atoms with Gasteiger partial charge in [0.15, 0.2) is 0 Å². The first kappa shape index (κ1) is 14.8. The first-order valence-electron chi connectivity index (χ1n) is 6.35. The first-order valence-corrected chi connectivity index (χ1v) is 6.35. The van der Waals surface area contributed by atoms with Crippen molar-refractivity contribution in [2.45, 2.75) is 57.7 Å². The molecule has 0 radical (unpaired) electrons. The lowest BCUT2D eigenvalue weighted by atomic mass is 10.0. The van der Waals surface area contributed by atoms with E-state index in [0.717, 1.165) is 13.0 Å². The lowest BCUT2D eigenvalue weighted by Gasteiger charge is -2.11. The van der Waals surface area contributed by atoms with Crippen molar-refractivity contribution in [1.82, 2.24) is 0 Å². The van der Waals surface area contributed by atoms with Crippen molar-refractivity contribution in [1.29, 1.82) is 0 Å². The molecule has 0 aliphatic carbocycles. The largest absolute Gasteiger partial charge is 0.357 e. The summed E-state index contributed by atoms with van der Waals surface area (Å²) < 4.78 is 0. The average molecular weight is 220 g/mol. The monoisotopic (exact) mass is 220 g/mol. The zero-order valence-electron chi connectivity index (χ0n) is 10.7. The van der Waals surface area contributed by atoms with Gasteiger partial charge in [-0.1, -0.05) is 0 Å². The van der Waals surface area contributed by atoms with E-state index in [-0.39, 0.29) is 0 Å². The number of nitrogens with two attached hydrogens (primary N) is 1. The summed E-state index contributed by atoms with van der Waals surface area (Å²) in [6.07, 6.45) is 4.82. The molecule has 15 heavy (non-hydrogen) atoms. The summed E-state index contributed by atoms with van der Waals surface area (Å²) in [4.78, 5) is 0. The molecular formula is C11H32N4+4. The van der Waals surface area contributed by atoms with Crippen molar-refractivity contribution in [3.05, 3.63) is 0 Å². The maximum absolute atomic E-state index is 4.20. The lowest BCUT2D eigenvalue weighted by molar-refractivity contribution is -0.686. The van der Waals surface area contributed by atoms with E-state index in [4.69, 9.17) is 0 Å². The van der Waals surface area contributed by atoms with E-state index >= 15 is 0 Å². The molecule has 4 heteroatoms. The van der Waals surface area contributed by atoms with Gasteiger partial charge in [-0.15, -0.1) is 0 Å². The van der Waals surface area contributed by atoms with Gasteiger partial charge in [0.2, 0.25) is 0 Å². The highest BCUT2D eigenvalue weighted by Crippen LogP contribution is 2.00. The van der Waals surface area contributed by atoms with E-state index in [2.05, 4.69) is 36.4 Å². The summed E-state index contributed by atoms with van der Waals surface area (Å²) >= 11 is 0. The maximum Gasteiger partial charge on any atom is 0.0900 e. The molecule has 0 spiro atoms. The van der Waals surface area contributed by atoms with Crippen molar-refractivity contribution in [2.75, 3.05) is 13.1 Å². The van der Waals surface area contributed by atoms with Crippen LogP contribution in [0.3, 0.4) is 0 Å². The molecule has 0 aliphatic rings. The Morgan fingerprint density at radius 2 is 1.47 bits per heavy atom. The number of rotatable bonds is 9. The summed E-state index contributed by atoms with van der Waals surface area (Å²) in [6, 6.07) is 1.90. The maximum atomic E-state index is 4.20. The summed E-state index contributed by atoms with van der Waals surface area (Å²) in [5.74, 6) is 0. The van der Waals surface area contributed by atoms with Gasteiger partial charge in [-0.05, 0) is 13.8 Å². The molecule has 0 aliphatic heterocycles. The molecule has 2 unspecified atom stereocenters. The van der Waals surface area contributed by atoms with Crippen molar-refractivity contribution in [2.24, 2.45) is 0 Å². The number of hydrogen-bond acceptors (Lipinski definition) is 0. The second-order valence-electron chi connectivity index (χ2n) is 5.01. The third-order valence-electron chi connectivity index (χ3n) is 2.81. The zero-order chi connectivity index (χ0) is 11.7. The fraction of sp³-hybridized carbons (Fsp3) is 1.00. The van der Waals surface area contributed by atoms with Crippen LogP contribution in [-0.2, 0) is 0 Å². The fourth-order valence-corrected chi connectivity index (χ4v) is 1.71. The molecule has 2 atom stereocenters. The van der Waals surface area contributed by atoms with Crippen molar-refractivity contribution in [3.8, 4) is 0 Å². The highest BCUT2D eigenvalue weighted by molar-refractivity contribution is 4.58. The van der Waals surface area contributed by atoms with E-state index in [1.54, 1.807) is 0 Å². The molecule has 0 bridgehead atoms. The second-order valence-corrected chi connectivity index (χ2v) is 5.01. The molecule has 0 saturated heterocycles. The highest BCUT2D eigenvalue weighted by atomic mass is 14.9. The molecule has 11 N–H and O–H groups in total. The van der Waals surface area contributed by atoms with Crippen molar-refractivity contribution < 1.29 is 22.5 Å². The van der Waals surface area contributed by atoms with Gasteiger partial charge in [-0.2, -0.15) is 0 Å². The van der Waals surface area contributed by atoms with E-state index in [1.165, 1.54) is 25.8 Å². The van der Waals surface area contributed by atoms with E-state index < -0.39 is 0 Å². The van der Waals surface area contributed by atoms with Gasteiger partial charge in [0.05, 0.1) is 31.2 Å². The number of quaternary nitrogens is 4. The molecule has 0 saturated carbocycles. The number of hydrogen-bond donors (Lipinski definition) is 4. The third-order valence-corrected chi connectivity index (χ3v) is 2.81.